The van der Waals surface area contributed by atoms with E-state index in [1.807, 2.05) is 74.5 Å². The van der Waals surface area contributed by atoms with E-state index in [1.54, 1.807) is 12.1 Å². The van der Waals surface area contributed by atoms with Crippen LogP contribution in [0.1, 0.15) is 42.1 Å². The third-order valence-electron chi connectivity index (χ3n) is 6.41. The monoisotopic (exact) mass is 469 g/mol. The summed E-state index contributed by atoms with van der Waals surface area (Å²) in [4.78, 5) is 28.1. The van der Waals surface area contributed by atoms with Gasteiger partial charge >= 0.3 is 0 Å². The van der Waals surface area contributed by atoms with Crippen LogP contribution in [0.3, 0.4) is 0 Å². The second-order valence-corrected chi connectivity index (χ2v) is 8.87. The molecule has 0 unspecified atom stereocenters. The average Bonchev–Trinajstić information content (AvgIpc) is 3.36. The molecule has 0 bridgehead atoms. The van der Waals surface area contributed by atoms with Gasteiger partial charge in [-0.3, -0.25) is 9.59 Å². The Kier molecular flexibility index (Phi) is 6.03. The quantitative estimate of drug-likeness (QED) is 0.311. The Balaban J connectivity index is 1.60. The van der Waals surface area contributed by atoms with Crippen molar-refractivity contribution in [3.63, 3.8) is 0 Å². The molecule has 6 nitrogen and oxygen atoms in total. The molecule has 0 spiro atoms. The molecule has 2 aliphatic rings. The number of aliphatic hydroxyl groups is 1. The van der Waals surface area contributed by atoms with Crippen LogP contribution in [0, 0.1) is 0 Å². The van der Waals surface area contributed by atoms with Gasteiger partial charge < -0.3 is 19.5 Å². The Hall–Kier alpha value is -4.06. The second-order valence-electron chi connectivity index (χ2n) is 8.87. The maximum atomic E-state index is 13.3. The number of Topliss-reactive ketones (excluding diaryl/α,β-unsaturated/α-hetero) is 1. The summed E-state index contributed by atoms with van der Waals surface area (Å²) >= 11 is 0. The zero-order valence-electron chi connectivity index (χ0n) is 19.7. The minimum Gasteiger partial charge on any atom is -0.507 e. The molecule has 1 N–H and O–H groups in total. The summed E-state index contributed by atoms with van der Waals surface area (Å²) in [5.74, 6) is -0.0272. The lowest BCUT2D eigenvalue weighted by atomic mass is 9.94. The molecular weight excluding hydrogens is 442 g/mol. The fraction of sp³-hybridized carbons (Fsp3) is 0.241. The van der Waals surface area contributed by atoms with Gasteiger partial charge in [-0.05, 0) is 60.9 Å². The summed E-state index contributed by atoms with van der Waals surface area (Å²) in [6, 6.07) is 21.5. The normalized spacial score (nSPS) is 20.6. The highest BCUT2D eigenvalue weighted by Crippen LogP contribution is 2.41. The zero-order chi connectivity index (χ0) is 24.5. The molecule has 0 aliphatic carbocycles. The van der Waals surface area contributed by atoms with Crippen LogP contribution in [0.4, 0.5) is 0 Å². The lowest BCUT2D eigenvalue weighted by Gasteiger charge is -2.25. The van der Waals surface area contributed by atoms with Gasteiger partial charge in [0.05, 0.1) is 18.2 Å². The van der Waals surface area contributed by atoms with E-state index in [9.17, 15) is 14.7 Å². The molecule has 0 aromatic heterocycles. The summed E-state index contributed by atoms with van der Waals surface area (Å²) in [6.45, 7) is 4.67. The predicted molar refractivity (Wildman–Crippen MR) is 132 cm³/mol. The fourth-order valence-electron chi connectivity index (χ4n) is 4.81. The van der Waals surface area contributed by atoms with Crippen molar-refractivity contribution in [2.45, 2.75) is 39.0 Å². The number of benzene rings is 3. The summed E-state index contributed by atoms with van der Waals surface area (Å²) in [7, 11) is 0. The van der Waals surface area contributed by atoms with Crippen LogP contribution in [0.25, 0.3) is 5.76 Å². The molecule has 0 saturated carbocycles. The van der Waals surface area contributed by atoms with Gasteiger partial charge in [0.25, 0.3) is 11.7 Å². The van der Waals surface area contributed by atoms with E-state index in [1.165, 1.54) is 4.90 Å². The van der Waals surface area contributed by atoms with Crippen molar-refractivity contribution in [3.05, 3.63) is 101 Å². The molecule has 2 atom stereocenters. The third kappa shape index (κ3) is 4.28. The van der Waals surface area contributed by atoms with Gasteiger partial charge in [0.1, 0.15) is 23.4 Å². The van der Waals surface area contributed by atoms with E-state index in [-0.39, 0.29) is 24.0 Å². The smallest absolute Gasteiger partial charge is 0.295 e. The van der Waals surface area contributed by atoms with E-state index in [2.05, 4.69) is 0 Å². The van der Waals surface area contributed by atoms with Crippen LogP contribution in [-0.2, 0) is 22.6 Å². The molecule has 35 heavy (non-hydrogen) atoms. The molecule has 1 saturated heterocycles. The number of hydrogen-bond acceptors (Lipinski definition) is 5. The van der Waals surface area contributed by atoms with Gasteiger partial charge in [-0.1, -0.05) is 42.5 Å². The zero-order valence-corrected chi connectivity index (χ0v) is 19.7. The fourth-order valence-corrected chi connectivity index (χ4v) is 4.81. The molecule has 2 heterocycles. The first-order valence-electron chi connectivity index (χ1n) is 11.8. The van der Waals surface area contributed by atoms with Crippen molar-refractivity contribution in [1.82, 2.24) is 4.90 Å². The summed E-state index contributed by atoms with van der Waals surface area (Å²) in [5, 5.41) is 11.4. The average molecular weight is 470 g/mol. The number of aliphatic hydroxyl groups excluding tert-OH is 1. The summed E-state index contributed by atoms with van der Waals surface area (Å²) in [6.07, 6.45) is 0.781. The number of amides is 1. The molecule has 178 valence electrons. The van der Waals surface area contributed by atoms with Crippen LogP contribution in [0.15, 0.2) is 78.4 Å². The maximum Gasteiger partial charge on any atom is 0.295 e. The minimum absolute atomic E-state index is 0.0581. The SMILES string of the molecule is CCOc1ccc([C@H]2C(=C(O)c3ccc4c(c3)C[C@@H](C)O4)C(=O)C(=O)N2Cc2ccccc2)cc1. The molecule has 5 rings (SSSR count). The van der Waals surface area contributed by atoms with Gasteiger partial charge in [0.15, 0.2) is 0 Å². The maximum absolute atomic E-state index is 13.3. The lowest BCUT2D eigenvalue weighted by Crippen LogP contribution is -2.29. The number of rotatable bonds is 6. The van der Waals surface area contributed by atoms with Gasteiger partial charge in [-0.25, -0.2) is 0 Å². The van der Waals surface area contributed by atoms with Crippen LogP contribution < -0.4 is 9.47 Å². The van der Waals surface area contributed by atoms with Crippen LogP contribution in [-0.4, -0.2) is 34.4 Å². The molecule has 2 aliphatic heterocycles. The Labute approximate surface area is 204 Å². The molecule has 3 aromatic carbocycles. The van der Waals surface area contributed by atoms with Gasteiger partial charge in [0, 0.05) is 18.5 Å². The molecule has 1 amide bonds. The lowest BCUT2D eigenvalue weighted by molar-refractivity contribution is -0.140. The number of ketones is 1. The van der Waals surface area contributed by atoms with Crippen molar-refractivity contribution < 1.29 is 24.2 Å². The largest absolute Gasteiger partial charge is 0.507 e. The Morgan fingerprint density at radius 1 is 1.06 bits per heavy atom. The standard InChI is InChI=1S/C29H27NO5/c1-3-34-23-12-9-20(10-13-23)26-25(27(31)21-11-14-24-22(16-21)15-18(2)35-24)28(32)29(33)30(26)17-19-7-5-4-6-8-19/h4-14,16,18,26,31H,3,15,17H2,1-2H3/t18-,26+/m1/s1. The van der Waals surface area contributed by atoms with E-state index in [0.717, 1.165) is 28.9 Å². The number of hydrogen-bond donors (Lipinski definition) is 1. The van der Waals surface area contributed by atoms with E-state index >= 15 is 0 Å². The summed E-state index contributed by atoms with van der Waals surface area (Å²) in [5.41, 5.74) is 3.17. The van der Waals surface area contributed by atoms with Crippen LogP contribution in [0.5, 0.6) is 11.5 Å². The highest BCUT2D eigenvalue weighted by Gasteiger charge is 2.46. The molecule has 6 heteroatoms. The number of carbonyl (C=O) groups is 2. The molecule has 3 aromatic rings. The van der Waals surface area contributed by atoms with Crippen molar-refractivity contribution in [3.8, 4) is 11.5 Å². The first-order chi connectivity index (χ1) is 17.0. The summed E-state index contributed by atoms with van der Waals surface area (Å²) < 4.78 is 11.3. The molecule has 1 fully saturated rings. The predicted octanol–water partition coefficient (Wildman–Crippen LogP) is 5.03. The topological polar surface area (TPSA) is 76.1 Å². The number of fused-ring (bicyclic) bond motifs is 1. The van der Waals surface area contributed by atoms with Crippen molar-refractivity contribution in [2.75, 3.05) is 6.61 Å². The van der Waals surface area contributed by atoms with Crippen molar-refractivity contribution >= 4 is 17.4 Å². The van der Waals surface area contributed by atoms with Gasteiger partial charge in [0.2, 0.25) is 0 Å². The van der Waals surface area contributed by atoms with Crippen molar-refractivity contribution in [1.29, 1.82) is 0 Å². The Morgan fingerprint density at radius 3 is 2.51 bits per heavy atom. The third-order valence-corrected chi connectivity index (χ3v) is 6.41. The number of carbonyl (C=O) groups excluding carboxylic acids is 2. The second kappa shape index (κ2) is 9.29. The minimum atomic E-state index is -0.727. The number of nitrogens with zero attached hydrogens (tertiary/aromatic N) is 1. The van der Waals surface area contributed by atoms with E-state index < -0.39 is 17.7 Å². The van der Waals surface area contributed by atoms with Crippen molar-refractivity contribution in [2.24, 2.45) is 0 Å². The Morgan fingerprint density at radius 2 is 1.80 bits per heavy atom. The van der Waals surface area contributed by atoms with Gasteiger partial charge in [-0.15, -0.1) is 0 Å². The number of ether oxygens (including phenoxy) is 2. The van der Waals surface area contributed by atoms with Crippen LogP contribution >= 0.6 is 0 Å². The number of likely N-dealkylation sites (tertiary alicyclic amines) is 1. The highest BCUT2D eigenvalue weighted by molar-refractivity contribution is 6.46. The first kappa shape index (κ1) is 22.7. The van der Waals surface area contributed by atoms with Gasteiger partial charge in [-0.2, -0.15) is 0 Å². The molecule has 0 radical (unpaired) electrons. The van der Waals surface area contributed by atoms with E-state index in [4.69, 9.17) is 9.47 Å². The van der Waals surface area contributed by atoms with Crippen LogP contribution in [0.2, 0.25) is 0 Å². The first-order valence-corrected chi connectivity index (χ1v) is 11.8. The van der Waals surface area contributed by atoms with E-state index in [0.29, 0.717) is 17.9 Å². The molecular formula is C29H27NO5. The highest BCUT2D eigenvalue weighted by atomic mass is 16.5. The Bertz CT molecular complexity index is 1300.